The van der Waals surface area contributed by atoms with Crippen LogP contribution in [0.1, 0.15) is 13.3 Å². The van der Waals surface area contributed by atoms with Crippen molar-refractivity contribution in [3.63, 3.8) is 0 Å². The average molecular weight is 247 g/mol. The third kappa shape index (κ3) is 2.08. The zero-order chi connectivity index (χ0) is 12.4. The number of carbonyl (C=O) groups excluding carboxylic acids is 1. The number of nitriles is 1. The van der Waals surface area contributed by atoms with Gasteiger partial charge in [0.2, 0.25) is 5.91 Å². The van der Waals surface area contributed by atoms with Crippen molar-refractivity contribution < 1.29 is 4.79 Å². The van der Waals surface area contributed by atoms with E-state index in [1.807, 2.05) is 25.1 Å². The van der Waals surface area contributed by atoms with E-state index < -0.39 is 0 Å². The normalized spacial score (nSPS) is 18.7. The van der Waals surface area contributed by atoms with E-state index in [2.05, 4.69) is 0 Å². The molecule has 0 spiro atoms. The number of amides is 1. The maximum absolute atomic E-state index is 12.1. The number of rotatable bonds is 2. The summed E-state index contributed by atoms with van der Waals surface area (Å²) >= 11 is 1.55. The Hall–Kier alpha value is -1.67. The first-order chi connectivity index (χ1) is 8.17. The molecule has 0 fully saturated rings. The molecule has 1 aliphatic heterocycles. The first-order valence-electron chi connectivity index (χ1n) is 5.42. The number of anilines is 2. The van der Waals surface area contributed by atoms with E-state index in [9.17, 15) is 4.79 Å². The van der Waals surface area contributed by atoms with Crippen LogP contribution in [0.4, 0.5) is 11.4 Å². The highest BCUT2D eigenvalue weighted by Crippen LogP contribution is 2.40. The van der Waals surface area contributed by atoms with Crippen molar-refractivity contribution in [3.05, 3.63) is 18.2 Å². The third-order valence-electron chi connectivity index (χ3n) is 2.68. The summed E-state index contributed by atoms with van der Waals surface area (Å²) < 4.78 is 0. The summed E-state index contributed by atoms with van der Waals surface area (Å²) in [7, 11) is 0. The molecule has 1 aromatic rings. The van der Waals surface area contributed by atoms with Gasteiger partial charge in [-0.15, -0.1) is 11.8 Å². The van der Waals surface area contributed by atoms with E-state index in [1.165, 1.54) is 4.90 Å². The van der Waals surface area contributed by atoms with Crippen molar-refractivity contribution in [1.29, 1.82) is 5.26 Å². The van der Waals surface area contributed by atoms with E-state index in [4.69, 9.17) is 11.0 Å². The minimum Gasteiger partial charge on any atom is -0.399 e. The largest absolute Gasteiger partial charge is 0.399 e. The Morgan fingerprint density at radius 1 is 1.59 bits per heavy atom. The summed E-state index contributed by atoms with van der Waals surface area (Å²) in [6.07, 6.45) is 0.759. The fourth-order valence-corrected chi connectivity index (χ4v) is 2.97. The number of hydrogen-bond donors (Lipinski definition) is 1. The van der Waals surface area contributed by atoms with Crippen molar-refractivity contribution in [3.8, 4) is 6.07 Å². The van der Waals surface area contributed by atoms with Gasteiger partial charge in [0.05, 0.1) is 17.0 Å². The lowest BCUT2D eigenvalue weighted by Crippen LogP contribution is -2.41. The molecule has 1 aliphatic rings. The molecule has 1 amide bonds. The van der Waals surface area contributed by atoms with Gasteiger partial charge in [-0.3, -0.25) is 9.69 Å². The van der Waals surface area contributed by atoms with Crippen LogP contribution < -0.4 is 10.6 Å². The van der Waals surface area contributed by atoms with Gasteiger partial charge in [-0.25, -0.2) is 0 Å². The van der Waals surface area contributed by atoms with Gasteiger partial charge in [-0.05, 0) is 24.6 Å². The van der Waals surface area contributed by atoms with Crippen LogP contribution in [0.2, 0.25) is 0 Å². The maximum atomic E-state index is 12.1. The van der Waals surface area contributed by atoms with Crippen molar-refractivity contribution in [2.75, 3.05) is 17.2 Å². The van der Waals surface area contributed by atoms with E-state index in [0.29, 0.717) is 5.69 Å². The van der Waals surface area contributed by atoms with Gasteiger partial charge in [0.25, 0.3) is 0 Å². The summed E-state index contributed by atoms with van der Waals surface area (Å²) in [4.78, 5) is 14.7. The lowest BCUT2D eigenvalue weighted by Gasteiger charge is -2.31. The average Bonchev–Trinajstić information content (AvgIpc) is 2.33. The van der Waals surface area contributed by atoms with E-state index in [0.717, 1.165) is 17.0 Å². The van der Waals surface area contributed by atoms with Gasteiger partial charge in [0.15, 0.2) is 0 Å². The summed E-state index contributed by atoms with van der Waals surface area (Å²) in [5.74, 6) is -0.00264. The summed E-state index contributed by atoms with van der Waals surface area (Å²) in [5.41, 5.74) is 7.09. The fourth-order valence-electron chi connectivity index (χ4n) is 1.83. The van der Waals surface area contributed by atoms with Gasteiger partial charge in [0, 0.05) is 10.6 Å². The lowest BCUT2D eigenvalue weighted by atomic mass is 10.2. The molecule has 88 valence electrons. The molecule has 0 bridgehead atoms. The summed E-state index contributed by atoms with van der Waals surface area (Å²) in [6, 6.07) is 7.51. The van der Waals surface area contributed by atoms with Crippen molar-refractivity contribution >= 4 is 29.0 Å². The number of fused-ring (bicyclic) bond motifs is 1. The molecule has 0 saturated heterocycles. The third-order valence-corrected chi connectivity index (χ3v) is 4.10. The standard InChI is InChI=1S/C12H13N3OS/c1-2-10-12(16)15(6-5-13)9-7-8(14)3-4-11(9)17-10/h3-4,7,10H,2,6,14H2,1H3. The zero-order valence-electron chi connectivity index (χ0n) is 9.51. The minimum absolute atomic E-state index is 0.00264. The second kappa shape index (κ2) is 4.68. The minimum atomic E-state index is -0.0977. The molecule has 0 aliphatic carbocycles. The molecule has 2 rings (SSSR count). The van der Waals surface area contributed by atoms with E-state index >= 15 is 0 Å². The molecule has 17 heavy (non-hydrogen) atoms. The molecular formula is C12H13N3OS. The molecule has 1 aromatic carbocycles. The SMILES string of the molecule is CCC1Sc2ccc(N)cc2N(CC#N)C1=O. The summed E-state index contributed by atoms with van der Waals surface area (Å²) in [6.45, 7) is 2.05. The molecule has 4 nitrogen and oxygen atoms in total. The zero-order valence-corrected chi connectivity index (χ0v) is 10.3. The number of thioether (sulfide) groups is 1. The molecular weight excluding hydrogens is 234 g/mol. The van der Waals surface area contributed by atoms with Crippen molar-refractivity contribution in [2.45, 2.75) is 23.5 Å². The Morgan fingerprint density at radius 2 is 2.35 bits per heavy atom. The van der Waals surface area contributed by atoms with Crippen LogP contribution in [0.5, 0.6) is 0 Å². The first kappa shape index (κ1) is 11.8. The second-order valence-electron chi connectivity index (χ2n) is 3.82. The van der Waals surface area contributed by atoms with Gasteiger partial charge in [-0.2, -0.15) is 5.26 Å². The molecule has 0 saturated carbocycles. The number of nitrogens with two attached hydrogens (primary N) is 1. The van der Waals surface area contributed by atoms with Crippen molar-refractivity contribution in [1.82, 2.24) is 0 Å². The number of nitrogen functional groups attached to an aromatic ring is 1. The molecule has 0 aromatic heterocycles. The second-order valence-corrected chi connectivity index (χ2v) is 5.07. The molecule has 0 radical (unpaired) electrons. The van der Waals surface area contributed by atoms with E-state index in [-0.39, 0.29) is 17.7 Å². The lowest BCUT2D eigenvalue weighted by molar-refractivity contribution is -0.118. The molecule has 2 N–H and O–H groups in total. The first-order valence-corrected chi connectivity index (χ1v) is 6.29. The van der Waals surface area contributed by atoms with Gasteiger partial charge >= 0.3 is 0 Å². The topological polar surface area (TPSA) is 70.1 Å². The molecule has 1 heterocycles. The van der Waals surface area contributed by atoms with Gasteiger partial charge < -0.3 is 5.73 Å². The predicted molar refractivity (Wildman–Crippen MR) is 68.8 cm³/mol. The Labute approximate surface area is 104 Å². The predicted octanol–water partition coefficient (Wildman–Crippen LogP) is 2.01. The number of benzene rings is 1. The van der Waals surface area contributed by atoms with Crippen LogP contribution in [0.25, 0.3) is 0 Å². The maximum Gasteiger partial charge on any atom is 0.241 e. The quantitative estimate of drug-likeness (QED) is 0.641. The van der Waals surface area contributed by atoms with Gasteiger partial charge in [0.1, 0.15) is 6.54 Å². The highest BCUT2D eigenvalue weighted by molar-refractivity contribution is 8.01. The Bertz CT molecular complexity index is 495. The Morgan fingerprint density at radius 3 is 3.00 bits per heavy atom. The smallest absolute Gasteiger partial charge is 0.241 e. The van der Waals surface area contributed by atoms with Crippen LogP contribution in [0, 0.1) is 11.3 Å². The van der Waals surface area contributed by atoms with Crippen LogP contribution in [0.15, 0.2) is 23.1 Å². The molecule has 1 unspecified atom stereocenters. The highest BCUT2D eigenvalue weighted by atomic mass is 32.2. The number of hydrogen-bond acceptors (Lipinski definition) is 4. The van der Waals surface area contributed by atoms with Crippen LogP contribution in [-0.4, -0.2) is 17.7 Å². The van der Waals surface area contributed by atoms with Crippen LogP contribution in [0.3, 0.4) is 0 Å². The monoisotopic (exact) mass is 247 g/mol. The summed E-state index contributed by atoms with van der Waals surface area (Å²) in [5, 5.41) is 8.71. The molecule has 5 heteroatoms. The Kier molecular flexibility index (Phi) is 3.25. The van der Waals surface area contributed by atoms with Gasteiger partial charge in [-0.1, -0.05) is 6.92 Å². The molecule has 1 atom stereocenters. The van der Waals surface area contributed by atoms with Crippen LogP contribution in [-0.2, 0) is 4.79 Å². The number of carbonyl (C=O) groups is 1. The van der Waals surface area contributed by atoms with Crippen LogP contribution >= 0.6 is 11.8 Å². The highest BCUT2D eigenvalue weighted by Gasteiger charge is 2.32. The Balaban J connectivity index is 2.47. The van der Waals surface area contributed by atoms with E-state index in [1.54, 1.807) is 17.8 Å². The fraction of sp³-hybridized carbons (Fsp3) is 0.333. The number of nitrogens with zero attached hydrogens (tertiary/aromatic N) is 2. The van der Waals surface area contributed by atoms with Crippen molar-refractivity contribution in [2.24, 2.45) is 0 Å².